The number of aromatic hydroxyl groups is 1. The monoisotopic (exact) mass is 299 g/mol. The number of benzene rings is 1. The van der Waals surface area contributed by atoms with Crippen molar-refractivity contribution in [2.75, 3.05) is 0 Å². The van der Waals surface area contributed by atoms with E-state index in [0.717, 1.165) is 0 Å². The van der Waals surface area contributed by atoms with Gasteiger partial charge in [-0.3, -0.25) is 0 Å². The van der Waals surface area contributed by atoms with Crippen molar-refractivity contribution in [3.05, 3.63) is 40.4 Å². The number of phenols is 1. The lowest BCUT2D eigenvalue weighted by molar-refractivity contribution is 0.0693. The number of carboxylic acids is 1. The van der Waals surface area contributed by atoms with Crippen molar-refractivity contribution in [2.24, 2.45) is 5.73 Å². The van der Waals surface area contributed by atoms with Gasteiger partial charge >= 0.3 is 5.97 Å². The highest BCUT2D eigenvalue weighted by Crippen LogP contribution is 2.35. The van der Waals surface area contributed by atoms with Crippen LogP contribution in [0.15, 0.2) is 29.3 Å². The molecule has 0 saturated carbocycles. The standard InChI is InChI=1S/C12H14BrNO3/c1-2-3-4-9(14)10-8(13)6-5-7(11(10)15)12(16)17/h2,5-6,9,15H,1,3-4,14H2,(H,16,17)/t9-/m0/s1. The van der Waals surface area contributed by atoms with E-state index in [1.165, 1.54) is 6.07 Å². The summed E-state index contributed by atoms with van der Waals surface area (Å²) < 4.78 is 0.608. The number of hydrogen-bond acceptors (Lipinski definition) is 3. The smallest absolute Gasteiger partial charge is 0.339 e. The third-order valence-corrected chi connectivity index (χ3v) is 3.14. The molecule has 0 unspecified atom stereocenters. The number of aromatic carboxylic acids is 1. The molecule has 1 atom stereocenters. The maximum absolute atomic E-state index is 10.9. The fourth-order valence-corrected chi connectivity index (χ4v) is 2.16. The lowest BCUT2D eigenvalue weighted by Crippen LogP contribution is -2.12. The van der Waals surface area contributed by atoms with E-state index in [9.17, 15) is 9.90 Å². The predicted molar refractivity (Wildman–Crippen MR) is 69.1 cm³/mol. The molecule has 0 heterocycles. The molecule has 0 spiro atoms. The first-order valence-electron chi connectivity index (χ1n) is 5.10. The van der Waals surface area contributed by atoms with Crippen molar-refractivity contribution in [1.29, 1.82) is 0 Å². The van der Waals surface area contributed by atoms with Crippen LogP contribution in [0.4, 0.5) is 0 Å². The maximum Gasteiger partial charge on any atom is 0.339 e. The molecule has 0 aliphatic rings. The Balaban J connectivity index is 3.17. The van der Waals surface area contributed by atoms with Crippen LogP contribution in [0.25, 0.3) is 0 Å². The minimum Gasteiger partial charge on any atom is -0.507 e. The van der Waals surface area contributed by atoms with Gasteiger partial charge in [0.05, 0.1) is 0 Å². The number of halogens is 1. The molecule has 92 valence electrons. The molecule has 0 aliphatic carbocycles. The Kier molecular flexibility index (Phi) is 4.72. The summed E-state index contributed by atoms with van der Waals surface area (Å²) in [5.41, 5.74) is 6.20. The summed E-state index contributed by atoms with van der Waals surface area (Å²) in [6.07, 6.45) is 3.02. The molecule has 0 radical (unpaired) electrons. The molecule has 0 saturated heterocycles. The van der Waals surface area contributed by atoms with Crippen molar-refractivity contribution in [3.8, 4) is 5.75 Å². The number of rotatable bonds is 5. The molecule has 5 heteroatoms. The quantitative estimate of drug-likeness (QED) is 0.730. The van der Waals surface area contributed by atoms with Gasteiger partial charge in [-0.2, -0.15) is 0 Å². The molecule has 4 N–H and O–H groups in total. The molecule has 1 aromatic carbocycles. The van der Waals surface area contributed by atoms with Gasteiger partial charge in [0.25, 0.3) is 0 Å². The van der Waals surface area contributed by atoms with E-state index in [-0.39, 0.29) is 11.3 Å². The third-order valence-electron chi connectivity index (χ3n) is 2.45. The van der Waals surface area contributed by atoms with Gasteiger partial charge in [-0.1, -0.05) is 22.0 Å². The summed E-state index contributed by atoms with van der Waals surface area (Å²) in [6.45, 7) is 3.59. The van der Waals surface area contributed by atoms with Gasteiger partial charge in [0, 0.05) is 16.1 Å². The molecule has 0 bridgehead atoms. The third kappa shape index (κ3) is 3.08. The molecule has 1 rings (SSSR count). The topological polar surface area (TPSA) is 83.6 Å². The van der Waals surface area contributed by atoms with Crippen molar-refractivity contribution in [1.82, 2.24) is 0 Å². The first-order chi connectivity index (χ1) is 7.99. The molecule has 0 aromatic heterocycles. The highest BCUT2D eigenvalue weighted by molar-refractivity contribution is 9.10. The molecule has 4 nitrogen and oxygen atoms in total. The van der Waals surface area contributed by atoms with Gasteiger partial charge in [-0.15, -0.1) is 6.58 Å². The maximum atomic E-state index is 10.9. The Bertz CT molecular complexity index is 446. The molecule has 0 amide bonds. The van der Waals surface area contributed by atoms with E-state index in [1.54, 1.807) is 12.1 Å². The Morgan fingerprint density at radius 3 is 2.76 bits per heavy atom. The first-order valence-corrected chi connectivity index (χ1v) is 5.89. The zero-order valence-corrected chi connectivity index (χ0v) is 10.8. The zero-order chi connectivity index (χ0) is 13.0. The molecule has 1 aromatic rings. The minimum atomic E-state index is -1.17. The van der Waals surface area contributed by atoms with Crippen molar-refractivity contribution >= 4 is 21.9 Å². The average molecular weight is 300 g/mol. The SMILES string of the molecule is C=CCC[C@H](N)c1c(Br)ccc(C(=O)O)c1O. The lowest BCUT2D eigenvalue weighted by Gasteiger charge is -2.16. The summed E-state index contributed by atoms with van der Waals surface area (Å²) in [6, 6.07) is 2.49. The minimum absolute atomic E-state index is 0.141. The average Bonchev–Trinajstić information content (AvgIpc) is 2.25. The normalized spacial score (nSPS) is 12.1. The van der Waals surface area contributed by atoms with E-state index in [4.69, 9.17) is 10.8 Å². The van der Waals surface area contributed by atoms with Crippen LogP contribution in [-0.2, 0) is 0 Å². The van der Waals surface area contributed by atoms with E-state index in [1.807, 2.05) is 0 Å². The van der Waals surface area contributed by atoms with Crippen LogP contribution in [0.2, 0.25) is 0 Å². The van der Waals surface area contributed by atoms with E-state index in [2.05, 4.69) is 22.5 Å². The number of allylic oxidation sites excluding steroid dienone is 1. The first kappa shape index (κ1) is 13.7. The van der Waals surface area contributed by atoms with E-state index >= 15 is 0 Å². The summed E-state index contributed by atoms with van der Waals surface area (Å²) in [7, 11) is 0. The van der Waals surface area contributed by atoms with Gasteiger partial charge in [0.2, 0.25) is 0 Å². The fraction of sp³-hybridized carbons (Fsp3) is 0.250. The van der Waals surface area contributed by atoms with Crippen molar-refractivity contribution in [2.45, 2.75) is 18.9 Å². The van der Waals surface area contributed by atoms with Crippen molar-refractivity contribution < 1.29 is 15.0 Å². The Labute approximate surface area is 108 Å². The zero-order valence-electron chi connectivity index (χ0n) is 9.19. The lowest BCUT2D eigenvalue weighted by atomic mass is 9.99. The van der Waals surface area contributed by atoms with Crippen LogP contribution in [0.5, 0.6) is 5.75 Å². The molecular weight excluding hydrogens is 286 g/mol. The number of carbonyl (C=O) groups is 1. The van der Waals surface area contributed by atoms with Crippen molar-refractivity contribution in [3.63, 3.8) is 0 Å². The van der Waals surface area contributed by atoms with E-state index in [0.29, 0.717) is 22.9 Å². The molecule has 0 aliphatic heterocycles. The summed E-state index contributed by atoms with van der Waals surface area (Å²) in [4.78, 5) is 10.9. The number of nitrogens with two attached hydrogens (primary N) is 1. The largest absolute Gasteiger partial charge is 0.507 e. The van der Waals surface area contributed by atoms with Crippen LogP contribution in [-0.4, -0.2) is 16.2 Å². The molecule has 0 fully saturated rings. The van der Waals surface area contributed by atoms with E-state index < -0.39 is 12.0 Å². The van der Waals surface area contributed by atoms with Crippen LogP contribution >= 0.6 is 15.9 Å². The highest BCUT2D eigenvalue weighted by Gasteiger charge is 2.20. The van der Waals surface area contributed by atoms with Gasteiger partial charge in [-0.25, -0.2) is 4.79 Å². The van der Waals surface area contributed by atoms with Crippen LogP contribution in [0.3, 0.4) is 0 Å². The number of hydrogen-bond donors (Lipinski definition) is 3. The van der Waals surface area contributed by atoms with Gasteiger partial charge < -0.3 is 15.9 Å². The fourth-order valence-electron chi connectivity index (χ4n) is 1.55. The van der Waals surface area contributed by atoms with Gasteiger partial charge in [0.1, 0.15) is 11.3 Å². The predicted octanol–water partition coefficient (Wildman–Crippen LogP) is 2.82. The Hall–Kier alpha value is -1.33. The number of carboxylic acid groups (broad SMARTS) is 1. The second-order valence-electron chi connectivity index (χ2n) is 3.63. The van der Waals surface area contributed by atoms with Gasteiger partial charge in [0.15, 0.2) is 0 Å². The van der Waals surface area contributed by atoms with Crippen LogP contribution < -0.4 is 5.73 Å². The summed E-state index contributed by atoms with van der Waals surface area (Å²) in [5, 5.41) is 18.8. The van der Waals surface area contributed by atoms with Crippen LogP contribution in [0.1, 0.15) is 34.8 Å². The Morgan fingerprint density at radius 1 is 1.59 bits per heavy atom. The Morgan fingerprint density at radius 2 is 2.24 bits per heavy atom. The second kappa shape index (κ2) is 5.84. The summed E-state index contributed by atoms with van der Waals surface area (Å²) in [5.74, 6) is -1.45. The van der Waals surface area contributed by atoms with Gasteiger partial charge in [-0.05, 0) is 25.0 Å². The second-order valence-corrected chi connectivity index (χ2v) is 4.49. The van der Waals surface area contributed by atoms with Crippen LogP contribution in [0, 0.1) is 0 Å². The molecular formula is C12H14BrNO3. The molecule has 17 heavy (non-hydrogen) atoms. The highest BCUT2D eigenvalue weighted by atomic mass is 79.9. The summed E-state index contributed by atoms with van der Waals surface area (Å²) >= 11 is 3.26.